The highest BCUT2D eigenvalue weighted by molar-refractivity contribution is 8.01. The summed E-state index contributed by atoms with van der Waals surface area (Å²) in [6.45, 7) is 4.29. The van der Waals surface area contributed by atoms with Crippen molar-refractivity contribution in [3.8, 4) is 0 Å². The van der Waals surface area contributed by atoms with Crippen LogP contribution in [0.3, 0.4) is 0 Å². The van der Waals surface area contributed by atoms with Crippen LogP contribution >= 0.6 is 11.8 Å². The highest BCUT2D eigenvalue weighted by atomic mass is 32.2. The normalized spacial score (nSPS) is 17.2. The van der Waals surface area contributed by atoms with Crippen LogP contribution in [0.15, 0.2) is 0 Å². The topological polar surface area (TPSA) is 57.6 Å². The molecule has 1 aliphatic rings. The lowest BCUT2D eigenvalue weighted by atomic mass is 10.4. The van der Waals surface area contributed by atoms with Gasteiger partial charge in [-0.25, -0.2) is 0 Å². The fraction of sp³-hybridized carbons (Fsp3) is 0.800. The number of carboxylic acids is 1. The van der Waals surface area contributed by atoms with Crippen LogP contribution in [0, 0.1) is 0 Å². The van der Waals surface area contributed by atoms with Crippen molar-refractivity contribution < 1.29 is 14.7 Å². The average molecular weight is 231 g/mol. The van der Waals surface area contributed by atoms with Crippen LogP contribution < -0.4 is 0 Å². The van der Waals surface area contributed by atoms with E-state index < -0.39 is 11.2 Å². The number of carbonyl (C=O) groups excluding carboxylic acids is 1. The van der Waals surface area contributed by atoms with Crippen molar-refractivity contribution in [3.05, 3.63) is 0 Å². The lowest BCUT2D eigenvalue weighted by Crippen LogP contribution is -2.34. The molecule has 1 N–H and O–H groups in total. The van der Waals surface area contributed by atoms with Crippen molar-refractivity contribution in [3.63, 3.8) is 0 Å². The molecule has 0 aliphatic heterocycles. The zero-order valence-electron chi connectivity index (χ0n) is 9.10. The highest BCUT2D eigenvalue weighted by Crippen LogP contribution is 2.27. The molecule has 0 radical (unpaired) electrons. The van der Waals surface area contributed by atoms with Crippen molar-refractivity contribution in [1.82, 2.24) is 4.90 Å². The first kappa shape index (κ1) is 12.4. The van der Waals surface area contributed by atoms with Gasteiger partial charge in [0.05, 0.1) is 11.0 Å². The highest BCUT2D eigenvalue weighted by Gasteiger charge is 2.31. The van der Waals surface area contributed by atoms with Gasteiger partial charge in [-0.3, -0.25) is 9.59 Å². The fourth-order valence-corrected chi connectivity index (χ4v) is 2.08. The largest absolute Gasteiger partial charge is 0.480 e. The third-order valence-electron chi connectivity index (χ3n) is 2.45. The molecule has 1 atom stereocenters. The van der Waals surface area contributed by atoms with E-state index in [1.54, 1.807) is 6.92 Å². The Hall–Kier alpha value is -0.710. The van der Waals surface area contributed by atoms with Crippen LogP contribution in [0.25, 0.3) is 0 Å². The average Bonchev–Trinajstić information content (AvgIpc) is 2.99. The van der Waals surface area contributed by atoms with Gasteiger partial charge in [0, 0.05) is 12.6 Å². The van der Waals surface area contributed by atoms with E-state index in [0.29, 0.717) is 6.04 Å². The Morgan fingerprint density at radius 1 is 1.53 bits per heavy atom. The molecule has 1 rings (SSSR count). The number of hydrogen-bond acceptors (Lipinski definition) is 3. The van der Waals surface area contributed by atoms with Crippen molar-refractivity contribution in [2.45, 2.75) is 38.0 Å². The van der Waals surface area contributed by atoms with Crippen molar-refractivity contribution in [2.24, 2.45) is 0 Å². The number of hydrogen-bond donors (Lipinski definition) is 1. The Labute approximate surface area is 94.0 Å². The summed E-state index contributed by atoms with van der Waals surface area (Å²) in [7, 11) is 0. The molecule has 4 nitrogen and oxygen atoms in total. The van der Waals surface area contributed by atoms with E-state index in [-0.39, 0.29) is 11.7 Å². The minimum Gasteiger partial charge on any atom is -0.480 e. The Morgan fingerprint density at radius 2 is 2.13 bits per heavy atom. The molecule has 0 saturated heterocycles. The zero-order valence-corrected chi connectivity index (χ0v) is 9.92. The predicted molar refractivity (Wildman–Crippen MR) is 60.0 cm³/mol. The first-order chi connectivity index (χ1) is 7.06. The van der Waals surface area contributed by atoms with Gasteiger partial charge in [0.1, 0.15) is 0 Å². The van der Waals surface area contributed by atoms with E-state index >= 15 is 0 Å². The molecule has 1 unspecified atom stereocenters. The summed E-state index contributed by atoms with van der Waals surface area (Å²) in [4.78, 5) is 24.1. The summed E-state index contributed by atoms with van der Waals surface area (Å²) in [5.41, 5.74) is 0. The van der Waals surface area contributed by atoms with Crippen molar-refractivity contribution >= 4 is 23.6 Å². The molecule has 0 aromatic carbocycles. The minimum absolute atomic E-state index is 0.0677. The maximum atomic E-state index is 11.7. The predicted octanol–water partition coefficient (Wildman–Crippen LogP) is 1.20. The second-order valence-corrected chi connectivity index (χ2v) is 5.03. The Bertz CT molecular complexity index is 253. The van der Waals surface area contributed by atoms with Crippen LogP contribution in [0.5, 0.6) is 0 Å². The number of rotatable bonds is 6. The zero-order chi connectivity index (χ0) is 11.4. The second kappa shape index (κ2) is 5.39. The van der Waals surface area contributed by atoms with Gasteiger partial charge in [-0.15, -0.1) is 11.8 Å². The van der Waals surface area contributed by atoms with Crippen LogP contribution in [0.1, 0.15) is 26.7 Å². The molecule has 15 heavy (non-hydrogen) atoms. The number of aliphatic carboxylic acids is 1. The lowest BCUT2D eigenvalue weighted by molar-refractivity contribution is -0.136. The number of carboxylic acid groups (broad SMARTS) is 1. The molecule has 1 fully saturated rings. The van der Waals surface area contributed by atoms with E-state index in [2.05, 4.69) is 0 Å². The first-order valence-electron chi connectivity index (χ1n) is 5.20. The molecular formula is C10H17NO3S. The minimum atomic E-state index is -0.859. The van der Waals surface area contributed by atoms with Crippen LogP contribution in [-0.4, -0.2) is 45.5 Å². The van der Waals surface area contributed by atoms with Gasteiger partial charge in [-0.1, -0.05) is 0 Å². The van der Waals surface area contributed by atoms with Gasteiger partial charge in [0.15, 0.2) is 0 Å². The van der Waals surface area contributed by atoms with E-state index in [1.165, 1.54) is 11.8 Å². The SMILES string of the molecule is CCN(C(=O)CSC(C)C(=O)O)C1CC1. The summed E-state index contributed by atoms with van der Waals surface area (Å²) in [5, 5.41) is 8.16. The molecule has 1 aliphatic carbocycles. The number of thioether (sulfide) groups is 1. The number of carbonyl (C=O) groups is 2. The monoisotopic (exact) mass is 231 g/mol. The van der Waals surface area contributed by atoms with Crippen molar-refractivity contribution in [2.75, 3.05) is 12.3 Å². The Kier molecular flexibility index (Phi) is 4.45. The van der Waals surface area contributed by atoms with Gasteiger partial charge in [-0.05, 0) is 26.7 Å². The maximum absolute atomic E-state index is 11.7. The first-order valence-corrected chi connectivity index (χ1v) is 6.25. The third-order valence-corrected chi connectivity index (χ3v) is 3.57. The van der Waals surface area contributed by atoms with Gasteiger partial charge in [0.25, 0.3) is 0 Å². The van der Waals surface area contributed by atoms with E-state index in [0.717, 1.165) is 19.4 Å². The number of nitrogens with zero attached hydrogens (tertiary/aromatic N) is 1. The molecule has 1 amide bonds. The van der Waals surface area contributed by atoms with Crippen molar-refractivity contribution in [1.29, 1.82) is 0 Å². The molecular weight excluding hydrogens is 214 g/mol. The molecule has 1 saturated carbocycles. The van der Waals surface area contributed by atoms with Gasteiger partial charge in [-0.2, -0.15) is 0 Å². The molecule has 0 spiro atoms. The standard InChI is InChI=1S/C10H17NO3S/c1-3-11(8-4-5-8)9(12)6-15-7(2)10(13)14/h7-8H,3-6H2,1-2H3,(H,13,14). The van der Waals surface area contributed by atoms with Gasteiger partial charge < -0.3 is 10.0 Å². The fourth-order valence-electron chi connectivity index (χ4n) is 1.37. The Morgan fingerprint density at radius 3 is 2.53 bits per heavy atom. The maximum Gasteiger partial charge on any atom is 0.316 e. The van der Waals surface area contributed by atoms with Crippen LogP contribution in [-0.2, 0) is 9.59 Å². The van der Waals surface area contributed by atoms with Gasteiger partial charge in [0.2, 0.25) is 5.91 Å². The molecule has 0 heterocycles. The summed E-state index contributed by atoms with van der Waals surface area (Å²) in [6.07, 6.45) is 2.19. The van der Waals surface area contributed by atoms with E-state index in [1.807, 2.05) is 11.8 Å². The summed E-state index contributed by atoms with van der Waals surface area (Å²) < 4.78 is 0. The quantitative estimate of drug-likeness (QED) is 0.746. The van der Waals surface area contributed by atoms with Crippen LogP contribution in [0.2, 0.25) is 0 Å². The smallest absolute Gasteiger partial charge is 0.316 e. The number of amides is 1. The third kappa shape index (κ3) is 3.74. The lowest BCUT2D eigenvalue weighted by Gasteiger charge is -2.20. The van der Waals surface area contributed by atoms with Gasteiger partial charge >= 0.3 is 5.97 Å². The Balaban J connectivity index is 2.30. The molecule has 5 heteroatoms. The van der Waals surface area contributed by atoms with E-state index in [9.17, 15) is 9.59 Å². The summed E-state index contributed by atoms with van der Waals surface area (Å²) >= 11 is 1.19. The summed E-state index contributed by atoms with van der Waals surface area (Å²) in [6, 6.07) is 0.420. The second-order valence-electron chi connectivity index (χ2n) is 3.70. The van der Waals surface area contributed by atoms with Crippen LogP contribution in [0.4, 0.5) is 0 Å². The molecule has 0 aromatic rings. The van der Waals surface area contributed by atoms with E-state index in [4.69, 9.17) is 5.11 Å². The molecule has 0 bridgehead atoms. The molecule has 0 aromatic heterocycles. The summed E-state index contributed by atoms with van der Waals surface area (Å²) in [5.74, 6) is -0.516. The molecule has 86 valence electrons.